The van der Waals surface area contributed by atoms with Gasteiger partial charge in [0.15, 0.2) is 11.5 Å². The lowest BCUT2D eigenvalue weighted by atomic mass is 9.96. The molecule has 0 spiro atoms. The summed E-state index contributed by atoms with van der Waals surface area (Å²) in [7, 11) is 3.15. The maximum Gasteiger partial charge on any atom is 0.224 e. The lowest BCUT2D eigenvalue weighted by Gasteiger charge is -2.17. The Morgan fingerprint density at radius 3 is 2.36 bits per heavy atom. The molecule has 1 aliphatic carbocycles. The van der Waals surface area contributed by atoms with Crippen molar-refractivity contribution in [2.24, 2.45) is 0 Å². The van der Waals surface area contributed by atoms with E-state index in [1.807, 2.05) is 24.3 Å². The average Bonchev–Trinajstić information content (AvgIpc) is 3.41. The number of benzene rings is 2. The standard InChI is InChI=1S/C20H22FNO3/c1-24-17-8-3-14(11-18(17)25-2)12-19(23)22-13-20(9-10-20)15-4-6-16(21)7-5-15/h3-8,11H,9-10,12-13H2,1-2H3,(H,22,23). The number of nitrogens with one attached hydrogen (secondary N) is 1. The first-order chi connectivity index (χ1) is 12.1. The second-order valence-electron chi connectivity index (χ2n) is 6.43. The van der Waals surface area contributed by atoms with Crippen LogP contribution in [0.5, 0.6) is 11.5 Å². The second-order valence-corrected chi connectivity index (χ2v) is 6.43. The summed E-state index contributed by atoms with van der Waals surface area (Å²) in [6, 6.07) is 12.0. The van der Waals surface area contributed by atoms with E-state index in [-0.39, 0.29) is 23.6 Å². The molecule has 1 N–H and O–H groups in total. The number of halogens is 1. The predicted molar refractivity (Wildman–Crippen MR) is 93.6 cm³/mol. The number of rotatable bonds is 7. The van der Waals surface area contributed by atoms with E-state index in [2.05, 4.69) is 5.32 Å². The van der Waals surface area contributed by atoms with Gasteiger partial charge in [0.2, 0.25) is 5.91 Å². The molecular weight excluding hydrogens is 321 g/mol. The van der Waals surface area contributed by atoms with Gasteiger partial charge < -0.3 is 14.8 Å². The Labute approximate surface area is 147 Å². The molecule has 2 aromatic rings. The smallest absolute Gasteiger partial charge is 0.224 e. The summed E-state index contributed by atoms with van der Waals surface area (Å²) in [5.74, 6) is 0.968. The zero-order chi connectivity index (χ0) is 17.9. The van der Waals surface area contributed by atoms with E-state index < -0.39 is 0 Å². The van der Waals surface area contributed by atoms with Gasteiger partial charge in [-0.05, 0) is 48.2 Å². The van der Waals surface area contributed by atoms with Crippen LogP contribution in [-0.4, -0.2) is 26.7 Å². The van der Waals surface area contributed by atoms with Gasteiger partial charge in [0.25, 0.3) is 0 Å². The van der Waals surface area contributed by atoms with Crippen molar-refractivity contribution in [3.63, 3.8) is 0 Å². The van der Waals surface area contributed by atoms with Gasteiger partial charge in [-0.3, -0.25) is 4.79 Å². The predicted octanol–water partition coefficient (Wildman–Crippen LogP) is 3.23. The van der Waals surface area contributed by atoms with E-state index in [1.54, 1.807) is 20.3 Å². The monoisotopic (exact) mass is 343 g/mol. The highest BCUT2D eigenvalue weighted by molar-refractivity contribution is 5.79. The van der Waals surface area contributed by atoms with Gasteiger partial charge in [-0.25, -0.2) is 4.39 Å². The zero-order valence-electron chi connectivity index (χ0n) is 14.5. The fraction of sp³-hybridized carbons (Fsp3) is 0.350. The van der Waals surface area contributed by atoms with Gasteiger partial charge in [-0.2, -0.15) is 0 Å². The van der Waals surface area contributed by atoms with Crippen molar-refractivity contribution in [1.82, 2.24) is 5.32 Å². The van der Waals surface area contributed by atoms with Crippen molar-refractivity contribution < 1.29 is 18.7 Å². The number of carbonyl (C=O) groups is 1. The van der Waals surface area contributed by atoms with Crippen LogP contribution in [0.3, 0.4) is 0 Å². The molecule has 0 aromatic heterocycles. The van der Waals surface area contributed by atoms with Gasteiger partial charge in [0.05, 0.1) is 20.6 Å². The van der Waals surface area contributed by atoms with E-state index in [0.29, 0.717) is 18.0 Å². The number of hydrogen-bond acceptors (Lipinski definition) is 3. The Kier molecular flexibility index (Phi) is 4.93. The topological polar surface area (TPSA) is 47.6 Å². The maximum atomic E-state index is 13.1. The molecule has 2 aromatic carbocycles. The van der Waals surface area contributed by atoms with Crippen LogP contribution in [0.15, 0.2) is 42.5 Å². The third-order valence-corrected chi connectivity index (χ3v) is 4.75. The Bertz CT molecular complexity index is 754. The number of amides is 1. The molecular formula is C20H22FNO3. The molecule has 1 aliphatic rings. The highest BCUT2D eigenvalue weighted by atomic mass is 19.1. The molecule has 132 valence electrons. The molecule has 0 unspecified atom stereocenters. The number of hydrogen-bond donors (Lipinski definition) is 1. The summed E-state index contributed by atoms with van der Waals surface area (Å²) >= 11 is 0. The van der Waals surface area contributed by atoms with Crippen molar-refractivity contribution >= 4 is 5.91 Å². The quantitative estimate of drug-likeness (QED) is 0.840. The van der Waals surface area contributed by atoms with Crippen LogP contribution in [0.25, 0.3) is 0 Å². The van der Waals surface area contributed by atoms with Crippen molar-refractivity contribution in [2.45, 2.75) is 24.7 Å². The number of ether oxygens (including phenoxy) is 2. The molecule has 25 heavy (non-hydrogen) atoms. The maximum absolute atomic E-state index is 13.1. The summed E-state index contributed by atoms with van der Waals surface area (Å²) < 4.78 is 23.5. The SMILES string of the molecule is COc1ccc(CC(=O)NCC2(c3ccc(F)cc3)CC2)cc1OC. The summed E-state index contributed by atoms with van der Waals surface area (Å²) in [5, 5.41) is 3.01. The van der Waals surface area contributed by atoms with E-state index in [1.165, 1.54) is 12.1 Å². The molecule has 0 saturated heterocycles. The van der Waals surface area contributed by atoms with Gasteiger partial charge in [0, 0.05) is 12.0 Å². The molecule has 1 fully saturated rings. The van der Waals surface area contributed by atoms with Gasteiger partial charge >= 0.3 is 0 Å². The van der Waals surface area contributed by atoms with Crippen molar-refractivity contribution in [3.05, 3.63) is 59.4 Å². The summed E-state index contributed by atoms with van der Waals surface area (Å²) in [4.78, 5) is 12.3. The number of methoxy groups -OCH3 is 2. The Balaban J connectivity index is 1.59. The Hall–Kier alpha value is -2.56. The molecule has 1 saturated carbocycles. The lowest BCUT2D eigenvalue weighted by Crippen LogP contribution is -2.33. The molecule has 0 bridgehead atoms. The second kappa shape index (κ2) is 7.13. The fourth-order valence-electron chi connectivity index (χ4n) is 3.03. The molecule has 1 amide bonds. The largest absolute Gasteiger partial charge is 0.493 e. The summed E-state index contributed by atoms with van der Waals surface area (Å²) in [5.41, 5.74) is 1.91. The summed E-state index contributed by atoms with van der Waals surface area (Å²) in [6.45, 7) is 0.574. The molecule has 3 rings (SSSR count). The third kappa shape index (κ3) is 3.92. The van der Waals surface area contributed by atoms with Crippen LogP contribution in [0.4, 0.5) is 4.39 Å². The minimum absolute atomic E-state index is 0.0407. The van der Waals surface area contributed by atoms with Crippen LogP contribution in [0, 0.1) is 5.82 Å². The highest BCUT2D eigenvalue weighted by Crippen LogP contribution is 2.47. The highest BCUT2D eigenvalue weighted by Gasteiger charge is 2.44. The van der Waals surface area contributed by atoms with Crippen molar-refractivity contribution in [3.8, 4) is 11.5 Å². The molecule has 4 nitrogen and oxygen atoms in total. The molecule has 5 heteroatoms. The minimum atomic E-state index is -0.239. The van der Waals surface area contributed by atoms with E-state index in [0.717, 1.165) is 24.0 Å². The molecule has 0 aliphatic heterocycles. The third-order valence-electron chi connectivity index (χ3n) is 4.75. The van der Waals surface area contributed by atoms with Gasteiger partial charge in [-0.1, -0.05) is 18.2 Å². The van der Waals surface area contributed by atoms with E-state index >= 15 is 0 Å². The normalized spacial score (nSPS) is 14.7. The van der Waals surface area contributed by atoms with Crippen LogP contribution >= 0.6 is 0 Å². The van der Waals surface area contributed by atoms with Crippen LogP contribution in [-0.2, 0) is 16.6 Å². The minimum Gasteiger partial charge on any atom is -0.493 e. The average molecular weight is 343 g/mol. The first kappa shape index (κ1) is 17.3. The Morgan fingerprint density at radius 1 is 1.08 bits per heavy atom. The molecule has 0 radical (unpaired) electrons. The first-order valence-corrected chi connectivity index (χ1v) is 8.30. The van der Waals surface area contributed by atoms with Gasteiger partial charge in [-0.15, -0.1) is 0 Å². The lowest BCUT2D eigenvalue weighted by molar-refractivity contribution is -0.120. The van der Waals surface area contributed by atoms with Crippen LogP contribution in [0.2, 0.25) is 0 Å². The van der Waals surface area contributed by atoms with Crippen LogP contribution < -0.4 is 14.8 Å². The number of carbonyl (C=O) groups excluding carboxylic acids is 1. The zero-order valence-corrected chi connectivity index (χ0v) is 14.5. The van der Waals surface area contributed by atoms with Crippen LogP contribution in [0.1, 0.15) is 24.0 Å². The molecule has 0 atom stereocenters. The van der Waals surface area contributed by atoms with Crippen molar-refractivity contribution in [2.75, 3.05) is 20.8 Å². The summed E-state index contributed by atoms with van der Waals surface area (Å²) in [6.07, 6.45) is 2.30. The van der Waals surface area contributed by atoms with E-state index in [4.69, 9.17) is 9.47 Å². The van der Waals surface area contributed by atoms with Gasteiger partial charge in [0.1, 0.15) is 5.82 Å². The molecule has 0 heterocycles. The fourth-order valence-corrected chi connectivity index (χ4v) is 3.03. The van der Waals surface area contributed by atoms with Crippen molar-refractivity contribution in [1.29, 1.82) is 0 Å². The Morgan fingerprint density at radius 2 is 1.76 bits per heavy atom. The van der Waals surface area contributed by atoms with E-state index in [9.17, 15) is 9.18 Å². The first-order valence-electron chi connectivity index (χ1n) is 8.30.